The van der Waals surface area contributed by atoms with Gasteiger partial charge in [-0.15, -0.1) is 13.2 Å². The first-order valence-corrected chi connectivity index (χ1v) is 4.68. The standard InChI is InChI=1S/C7H2F6INO/c8-3-2(16-7(11,12)13)1-15-5(4(3)14)6(9)10/h1,6H. The number of rotatable bonds is 2. The molecule has 1 aromatic rings. The summed E-state index contributed by atoms with van der Waals surface area (Å²) in [6.45, 7) is 0. The van der Waals surface area contributed by atoms with E-state index in [2.05, 4.69) is 9.72 Å². The summed E-state index contributed by atoms with van der Waals surface area (Å²) in [5.74, 6) is -2.75. The zero-order valence-electron chi connectivity index (χ0n) is 7.16. The summed E-state index contributed by atoms with van der Waals surface area (Å²) in [4.78, 5) is 3.00. The summed E-state index contributed by atoms with van der Waals surface area (Å²) >= 11 is 1.13. The molecule has 1 rings (SSSR count). The maximum Gasteiger partial charge on any atom is 0.573 e. The number of halogens is 7. The lowest BCUT2D eigenvalue weighted by Crippen LogP contribution is -2.18. The molecule has 0 N–H and O–H groups in total. The summed E-state index contributed by atoms with van der Waals surface area (Å²) < 4.78 is 75.3. The maximum absolute atomic E-state index is 13.1. The number of hydrogen-bond donors (Lipinski definition) is 0. The summed E-state index contributed by atoms with van der Waals surface area (Å²) in [5, 5.41) is 0. The van der Waals surface area contributed by atoms with Crippen molar-refractivity contribution in [1.29, 1.82) is 0 Å². The van der Waals surface area contributed by atoms with Crippen LogP contribution in [0.1, 0.15) is 12.1 Å². The van der Waals surface area contributed by atoms with Gasteiger partial charge in [-0.2, -0.15) is 0 Å². The van der Waals surface area contributed by atoms with Crippen molar-refractivity contribution in [3.63, 3.8) is 0 Å². The van der Waals surface area contributed by atoms with Gasteiger partial charge in [-0.25, -0.2) is 13.2 Å². The number of pyridine rings is 1. The van der Waals surface area contributed by atoms with Crippen LogP contribution in [0.25, 0.3) is 0 Å². The molecular weight excluding hydrogens is 355 g/mol. The highest BCUT2D eigenvalue weighted by Gasteiger charge is 2.33. The van der Waals surface area contributed by atoms with E-state index in [1.807, 2.05) is 0 Å². The maximum atomic E-state index is 13.1. The van der Waals surface area contributed by atoms with E-state index in [1.165, 1.54) is 0 Å². The van der Waals surface area contributed by atoms with Crippen molar-refractivity contribution in [2.75, 3.05) is 0 Å². The Hall–Kier alpha value is -0.740. The van der Waals surface area contributed by atoms with Crippen LogP contribution in [-0.2, 0) is 0 Å². The van der Waals surface area contributed by atoms with E-state index in [9.17, 15) is 26.3 Å². The van der Waals surface area contributed by atoms with E-state index in [-0.39, 0.29) is 6.20 Å². The predicted octanol–water partition coefficient (Wildman–Crippen LogP) is 3.66. The smallest absolute Gasteiger partial charge is 0.401 e. The predicted molar refractivity (Wildman–Crippen MR) is 48.6 cm³/mol. The van der Waals surface area contributed by atoms with Crippen LogP contribution in [0.2, 0.25) is 0 Å². The van der Waals surface area contributed by atoms with Crippen molar-refractivity contribution in [2.45, 2.75) is 12.8 Å². The number of ether oxygens (including phenoxy) is 1. The number of alkyl halides is 5. The van der Waals surface area contributed by atoms with E-state index in [0.29, 0.717) is 0 Å². The van der Waals surface area contributed by atoms with Crippen LogP contribution >= 0.6 is 22.6 Å². The molecule has 0 radical (unpaired) electrons. The van der Waals surface area contributed by atoms with Gasteiger partial charge >= 0.3 is 6.36 Å². The lowest BCUT2D eigenvalue weighted by atomic mass is 10.3. The molecule has 0 bridgehead atoms. The Balaban J connectivity index is 3.12. The first-order valence-electron chi connectivity index (χ1n) is 3.60. The highest BCUT2D eigenvalue weighted by Crippen LogP contribution is 2.31. The Morgan fingerprint density at radius 3 is 2.31 bits per heavy atom. The van der Waals surface area contributed by atoms with Crippen LogP contribution in [0.15, 0.2) is 6.20 Å². The molecule has 9 heteroatoms. The molecule has 0 atom stereocenters. The Morgan fingerprint density at radius 2 is 1.88 bits per heavy atom. The topological polar surface area (TPSA) is 22.1 Å². The van der Waals surface area contributed by atoms with Gasteiger partial charge in [0.1, 0.15) is 5.69 Å². The zero-order valence-corrected chi connectivity index (χ0v) is 9.31. The van der Waals surface area contributed by atoms with Crippen molar-refractivity contribution >= 4 is 22.6 Å². The van der Waals surface area contributed by atoms with E-state index >= 15 is 0 Å². The second kappa shape index (κ2) is 4.63. The second-order valence-corrected chi connectivity index (χ2v) is 3.56. The van der Waals surface area contributed by atoms with Gasteiger partial charge in [0.15, 0.2) is 11.6 Å². The molecule has 0 aliphatic carbocycles. The third kappa shape index (κ3) is 3.12. The largest absolute Gasteiger partial charge is 0.573 e. The molecule has 0 aliphatic rings. The Kier molecular flexibility index (Phi) is 3.86. The highest BCUT2D eigenvalue weighted by atomic mass is 127. The minimum absolute atomic E-state index is 0.270. The van der Waals surface area contributed by atoms with Gasteiger partial charge in [0.05, 0.1) is 9.77 Å². The molecule has 0 unspecified atom stereocenters. The Labute approximate surface area is 98.7 Å². The van der Waals surface area contributed by atoms with Crippen molar-refractivity contribution in [3.05, 3.63) is 21.3 Å². The molecule has 2 nitrogen and oxygen atoms in total. The molecule has 0 fully saturated rings. The van der Waals surface area contributed by atoms with Gasteiger partial charge < -0.3 is 4.74 Å². The van der Waals surface area contributed by atoms with Crippen LogP contribution in [0.4, 0.5) is 26.3 Å². The molecule has 90 valence electrons. The molecule has 16 heavy (non-hydrogen) atoms. The molecule has 0 amide bonds. The molecule has 1 heterocycles. The molecule has 0 saturated carbocycles. The summed E-state index contributed by atoms with van der Waals surface area (Å²) in [5.41, 5.74) is -0.923. The lowest BCUT2D eigenvalue weighted by molar-refractivity contribution is -0.275. The molecule has 0 saturated heterocycles. The van der Waals surface area contributed by atoms with Gasteiger partial charge in [0, 0.05) is 0 Å². The number of nitrogens with zero attached hydrogens (tertiary/aromatic N) is 1. The van der Waals surface area contributed by atoms with Crippen LogP contribution in [0, 0.1) is 9.39 Å². The summed E-state index contributed by atoms with van der Waals surface area (Å²) in [6.07, 6.45) is -7.90. The number of hydrogen-bond acceptors (Lipinski definition) is 2. The monoisotopic (exact) mass is 357 g/mol. The lowest BCUT2D eigenvalue weighted by Gasteiger charge is -2.11. The van der Waals surface area contributed by atoms with Crippen LogP contribution in [-0.4, -0.2) is 11.3 Å². The van der Waals surface area contributed by atoms with Crippen molar-refractivity contribution in [2.24, 2.45) is 0 Å². The minimum Gasteiger partial charge on any atom is -0.401 e. The average molecular weight is 357 g/mol. The molecule has 1 aromatic heterocycles. The fourth-order valence-corrected chi connectivity index (χ4v) is 1.45. The fraction of sp³-hybridized carbons (Fsp3) is 0.286. The highest BCUT2D eigenvalue weighted by molar-refractivity contribution is 14.1. The molecule has 0 aromatic carbocycles. The van der Waals surface area contributed by atoms with Crippen LogP contribution in [0.3, 0.4) is 0 Å². The van der Waals surface area contributed by atoms with Gasteiger partial charge in [-0.05, 0) is 22.6 Å². The third-order valence-electron chi connectivity index (χ3n) is 1.39. The fourth-order valence-electron chi connectivity index (χ4n) is 0.810. The van der Waals surface area contributed by atoms with Crippen molar-refractivity contribution in [3.8, 4) is 5.75 Å². The SMILES string of the molecule is Fc1c(OC(F)(F)F)cnc(C(F)F)c1I. The van der Waals surface area contributed by atoms with Crippen LogP contribution < -0.4 is 4.74 Å². The van der Waals surface area contributed by atoms with Crippen molar-refractivity contribution < 1.29 is 31.1 Å². The van der Waals surface area contributed by atoms with Crippen molar-refractivity contribution in [1.82, 2.24) is 4.98 Å². The van der Waals surface area contributed by atoms with E-state index in [4.69, 9.17) is 0 Å². The Bertz CT molecular complexity index is 393. The van der Waals surface area contributed by atoms with Gasteiger partial charge in [-0.1, -0.05) is 0 Å². The summed E-state index contributed by atoms with van der Waals surface area (Å²) in [6, 6.07) is 0. The average Bonchev–Trinajstić information content (AvgIpc) is 2.10. The van der Waals surface area contributed by atoms with E-state index in [1.54, 1.807) is 0 Å². The van der Waals surface area contributed by atoms with E-state index < -0.39 is 33.6 Å². The second-order valence-electron chi connectivity index (χ2n) is 2.48. The van der Waals surface area contributed by atoms with E-state index in [0.717, 1.165) is 22.6 Å². The summed E-state index contributed by atoms with van der Waals surface area (Å²) in [7, 11) is 0. The van der Waals surface area contributed by atoms with Gasteiger partial charge in [0.2, 0.25) is 0 Å². The Morgan fingerprint density at radius 1 is 1.31 bits per heavy atom. The normalized spacial score (nSPS) is 12.0. The van der Waals surface area contributed by atoms with Gasteiger partial charge in [-0.3, -0.25) is 4.98 Å². The van der Waals surface area contributed by atoms with Gasteiger partial charge in [0.25, 0.3) is 6.43 Å². The molecule has 0 spiro atoms. The molecular formula is C7H2F6INO. The first kappa shape index (κ1) is 13.3. The zero-order chi connectivity index (χ0) is 12.5. The van der Waals surface area contributed by atoms with Crippen LogP contribution in [0.5, 0.6) is 5.75 Å². The minimum atomic E-state index is -5.10. The number of aromatic nitrogens is 1. The quantitative estimate of drug-likeness (QED) is 0.596. The molecule has 0 aliphatic heterocycles. The third-order valence-corrected chi connectivity index (χ3v) is 2.41. The first-order chi connectivity index (χ1) is 7.22.